The molecule has 0 atom stereocenters. The van der Waals surface area contributed by atoms with Crippen LogP contribution in [0.1, 0.15) is 24.7 Å². The Balaban J connectivity index is 1.20. The number of oxazole rings is 1. The van der Waals surface area contributed by atoms with Crippen molar-refractivity contribution in [3.63, 3.8) is 0 Å². The van der Waals surface area contributed by atoms with Gasteiger partial charge in [0, 0.05) is 24.6 Å². The summed E-state index contributed by atoms with van der Waals surface area (Å²) in [7, 11) is 0. The fourth-order valence-electron chi connectivity index (χ4n) is 3.67. The van der Waals surface area contributed by atoms with Crippen molar-refractivity contribution in [1.82, 2.24) is 30.1 Å². The third-order valence-electron chi connectivity index (χ3n) is 5.27. The van der Waals surface area contributed by atoms with E-state index in [-0.39, 0.29) is 18.4 Å². The second kappa shape index (κ2) is 7.46. The lowest BCUT2D eigenvalue weighted by Crippen LogP contribution is -2.40. The lowest BCUT2D eigenvalue weighted by atomic mass is 9.97. The van der Waals surface area contributed by atoms with E-state index in [0.29, 0.717) is 18.9 Å². The number of amides is 1. The molecule has 2 aromatic heterocycles. The summed E-state index contributed by atoms with van der Waals surface area (Å²) in [4.78, 5) is 20.5. The van der Waals surface area contributed by atoms with Crippen LogP contribution in [-0.4, -0.2) is 49.1 Å². The fourth-order valence-corrected chi connectivity index (χ4v) is 3.67. The minimum absolute atomic E-state index is 0.00183. The first-order chi connectivity index (χ1) is 14.3. The van der Waals surface area contributed by atoms with E-state index in [1.165, 1.54) is 4.80 Å². The first-order valence-electron chi connectivity index (χ1n) is 9.73. The lowest BCUT2D eigenvalue weighted by molar-refractivity contribution is -0.133. The summed E-state index contributed by atoms with van der Waals surface area (Å²) in [6.07, 6.45) is 1.66. The molecule has 3 heterocycles. The molecule has 8 heteroatoms. The highest BCUT2D eigenvalue weighted by Crippen LogP contribution is 2.30. The van der Waals surface area contributed by atoms with Crippen LogP contribution < -0.4 is 0 Å². The number of likely N-dealkylation sites (tertiary alicyclic amines) is 1. The SMILES string of the molecule is O=C(Cn1nnc(-c2ccccc2)n1)N1CCC(c2nc3ccccc3o2)CC1. The molecule has 0 radical (unpaired) electrons. The van der Waals surface area contributed by atoms with Gasteiger partial charge in [-0.2, -0.15) is 4.80 Å². The molecule has 5 rings (SSSR count). The minimum atomic E-state index is -0.00183. The second-order valence-electron chi connectivity index (χ2n) is 7.18. The van der Waals surface area contributed by atoms with Gasteiger partial charge in [-0.15, -0.1) is 10.2 Å². The maximum atomic E-state index is 12.7. The average molecular weight is 388 g/mol. The number of carbonyl (C=O) groups excluding carboxylic acids is 1. The van der Waals surface area contributed by atoms with Gasteiger partial charge in [0.05, 0.1) is 0 Å². The van der Waals surface area contributed by atoms with Gasteiger partial charge in [0.15, 0.2) is 11.5 Å². The number of rotatable bonds is 4. The largest absolute Gasteiger partial charge is 0.440 e. The van der Waals surface area contributed by atoms with E-state index in [9.17, 15) is 4.79 Å². The van der Waals surface area contributed by atoms with Gasteiger partial charge in [0.25, 0.3) is 0 Å². The quantitative estimate of drug-likeness (QED) is 0.534. The van der Waals surface area contributed by atoms with Crippen LogP contribution >= 0.6 is 0 Å². The summed E-state index contributed by atoms with van der Waals surface area (Å²) in [6.45, 7) is 1.43. The number of hydrogen-bond donors (Lipinski definition) is 0. The number of fused-ring (bicyclic) bond motifs is 1. The molecule has 1 saturated heterocycles. The van der Waals surface area contributed by atoms with Crippen molar-refractivity contribution >= 4 is 17.0 Å². The molecule has 0 N–H and O–H groups in total. The molecule has 1 aliphatic rings. The van der Waals surface area contributed by atoms with Crippen molar-refractivity contribution in [1.29, 1.82) is 0 Å². The molecule has 146 valence electrons. The van der Waals surface area contributed by atoms with Gasteiger partial charge in [-0.3, -0.25) is 4.79 Å². The Morgan fingerprint density at radius 3 is 2.59 bits per heavy atom. The van der Waals surface area contributed by atoms with Gasteiger partial charge in [-0.25, -0.2) is 4.98 Å². The molecule has 1 amide bonds. The molecule has 2 aromatic carbocycles. The topological polar surface area (TPSA) is 89.9 Å². The average Bonchev–Trinajstić information content (AvgIpc) is 3.41. The molecule has 4 aromatic rings. The molecule has 0 aliphatic carbocycles. The molecule has 0 saturated carbocycles. The molecule has 1 fully saturated rings. The maximum absolute atomic E-state index is 12.7. The maximum Gasteiger partial charge on any atom is 0.246 e. The van der Waals surface area contributed by atoms with E-state index < -0.39 is 0 Å². The van der Waals surface area contributed by atoms with Gasteiger partial charge in [-0.1, -0.05) is 42.5 Å². The van der Waals surface area contributed by atoms with Crippen LogP contribution in [0.25, 0.3) is 22.5 Å². The summed E-state index contributed by atoms with van der Waals surface area (Å²) in [5, 5.41) is 12.4. The van der Waals surface area contributed by atoms with E-state index >= 15 is 0 Å². The zero-order chi connectivity index (χ0) is 19.6. The standard InChI is InChI=1S/C21H20N6O2/c28-19(14-27-24-20(23-25-27)15-6-2-1-3-7-15)26-12-10-16(11-13-26)21-22-17-8-4-5-9-18(17)29-21/h1-9,16H,10-14H2. The summed E-state index contributed by atoms with van der Waals surface area (Å²) in [5.41, 5.74) is 2.57. The van der Waals surface area contributed by atoms with Gasteiger partial charge >= 0.3 is 0 Å². The summed E-state index contributed by atoms with van der Waals surface area (Å²) >= 11 is 0. The molecule has 1 aliphatic heterocycles. The fraction of sp³-hybridized carbons (Fsp3) is 0.286. The first kappa shape index (κ1) is 17.5. The Morgan fingerprint density at radius 2 is 1.79 bits per heavy atom. The van der Waals surface area contributed by atoms with Gasteiger partial charge in [0.2, 0.25) is 11.7 Å². The second-order valence-corrected chi connectivity index (χ2v) is 7.18. The van der Waals surface area contributed by atoms with Crippen LogP contribution in [0.4, 0.5) is 0 Å². The van der Waals surface area contributed by atoms with Crippen LogP contribution in [0.5, 0.6) is 0 Å². The molecule has 0 unspecified atom stereocenters. The molecular weight excluding hydrogens is 368 g/mol. The number of tetrazole rings is 1. The smallest absolute Gasteiger partial charge is 0.246 e. The van der Waals surface area contributed by atoms with Crippen LogP contribution in [0, 0.1) is 0 Å². The van der Waals surface area contributed by atoms with Crippen molar-refractivity contribution in [2.45, 2.75) is 25.3 Å². The van der Waals surface area contributed by atoms with Crippen molar-refractivity contribution in [2.24, 2.45) is 0 Å². The molecule has 0 bridgehead atoms. The number of hydrogen-bond acceptors (Lipinski definition) is 6. The van der Waals surface area contributed by atoms with Crippen LogP contribution in [0.3, 0.4) is 0 Å². The Morgan fingerprint density at radius 1 is 1.03 bits per heavy atom. The van der Waals surface area contributed by atoms with E-state index in [2.05, 4.69) is 20.4 Å². The Hall–Kier alpha value is -3.55. The predicted octanol–water partition coefficient (Wildman–Crippen LogP) is 2.89. The third kappa shape index (κ3) is 3.61. The highest BCUT2D eigenvalue weighted by molar-refractivity contribution is 5.76. The van der Waals surface area contributed by atoms with Gasteiger partial charge in [-0.05, 0) is 30.2 Å². The number of nitrogens with zero attached hydrogens (tertiary/aromatic N) is 6. The number of piperidine rings is 1. The highest BCUT2D eigenvalue weighted by Gasteiger charge is 2.27. The van der Waals surface area contributed by atoms with Crippen LogP contribution in [0.2, 0.25) is 0 Å². The van der Waals surface area contributed by atoms with E-state index in [0.717, 1.165) is 35.4 Å². The molecule has 8 nitrogen and oxygen atoms in total. The summed E-state index contributed by atoms with van der Waals surface area (Å²) in [6, 6.07) is 17.4. The van der Waals surface area contributed by atoms with E-state index in [4.69, 9.17) is 4.42 Å². The van der Waals surface area contributed by atoms with Gasteiger partial charge in [0.1, 0.15) is 12.1 Å². The van der Waals surface area contributed by atoms with Crippen LogP contribution in [-0.2, 0) is 11.3 Å². The summed E-state index contributed by atoms with van der Waals surface area (Å²) in [5.74, 6) is 1.52. The number of carbonyl (C=O) groups is 1. The Labute approximate surface area is 167 Å². The van der Waals surface area contributed by atoms with Crippen molar-refractivity contribution in [3.05, 3.63) is 60.5 Å². The first-order valence-corrected chi connectivity index (χ1v) is 9.73. The Bertz CT molecular complexity index is 1100. The van der Waals surface area contributed by atoms with E-state index in [1.54, 1.807) is 0 Å². The summed E-state index contributed by atoms with van der Waals surface area (Å²) < 4.78 is 5.90. The van der Waals surface area contributed by atoms with Gasteiger partial charge < -0.3 is 9.32 Å². The highest BCUT2D eigenvalue weighted by atomic mass is 16.3. The van der Waals surface area contributed by atoms with Crippen molar-refractivity contribution in [2.75, 3.05) is 13.1 Å². The third-order valence-corrected chi connectivity index (χ3v) is 5.27. The van der Waals surface area contributed by atoms with E-state index in [1.807, 2.05) is 59.5 Å². The van der Waals surface area contributed by atoms with Crippen molar-refractivity contribution in [3.8, 4) is 11.4 Å². The lowest BCUT2D eigenvalue weighted by Gasteiger charge is -2.30. The number of benzene rings is 2. The minimum Gasteiger partial charge on any atom is -0.440 e. The monoisotopic (exact) mass is 388 g/mol. The zero-order valence-electron chi connectivity index (χ0n) is 15.8. The Kier molecular flexibility index (Phi) is 4.51. The molecular formula is C21H20N6O2. The molecule has 29 heavy (non-hydrogen) atoms. The molecule has 0 spiro atoms. The normalized spacial score (nSPS) is 15.1. The van der Waals surface area contributed by atoms with Crippen LogP contribution in [0.15, 0.2) is 59.0 Å². The number of aromatic nitrogens is 5. The number of para-hydroxylation sites is 2. The predicted molar refractivity (Wildman–Crippen MR) is 106 cm³/mol. The van der Waals surface area contributed by atoms with Crippen molar-refractivity contribution < 1.29 is 9.21 Å². The zero-order valence-corrected chi connectivity index (χ0v) is 15.8.